The van der Waals surface area contributed by atoms with Gasteiger partial charge in [0.2, 0.25) is 0 Å². The van der Waals surface area contributed by atoms with Crippen LogP contribution in [0.4, 0.5) is 0 Å². The van der Waals surface area contributed by atoms with E-state index in [1.807, 2.05) is 11.3 Å². The van der Waals surface area contributed by atoms with Gasteiger partial charge >= 0.3 is 0 Å². The standard InChI is InChI=1S/C15H25BrN2S/c1-12-4-8-18(9-5-12)7-3-6-17-13(2)15-10-14(16)11-19-15/h10-13,17H,3-9H2,1-2H3. The highest BCUT2D eigenvalue weighted by molar-refractivity contribution is 9.10. The van der Waals surface area contributed by atoms with Crippen LogP contribution in [0.25, 0.3) is 0 Å². The zero-order valence-corrected chi connectivity index (χ0v) is 14.4. The minimum absolute atomic E-state index is 0.470. The first-order valence-electron chi connectivity index (χ1n) is 7.35. The first kappa shape index (κ1) is 15.5. The maximum atomic E-state index is 3.62. The number of nitrogens with zero attached hydrogens (tertiary/aromatic N) is 1. The summed E-state index contributed by atoms with van der Waals surface area (Å²) < 4.78 is 1.20. The highest BCUT2D eigenvalue weighted by Gasteiger charge is 2.15. The molecule has 2 nitrogen and oxygen atoms in total. The van der Waals surface area contributed by atoms with Crippen LogP contribution in [0.5, 0.6) is 0 Å². The number of nitrogens with one attached hydrogen (secondary N) is 1. The zero-order chi connectivity index (χ0) is 13.7. The fraction of sp³-hybridized carbons (Fsp3) is 0.733. The minimum Gasteiger partial charge on any atom is -0.309 e. The average Bonchev–Trinajstić information content (AvgIpc) is 2.83. The van der Waals surface area contributed by atoms with E-state index in [1.165, 1.54) is 48.2 Å². The molecule has 1 N–H and O–H groups in total. The Balaban J connectivity index is 1.59. The van der Waals surface area contributed by atoms with Gasteiger partial charge in [-0.2, -0.15) is 0 Å². The molecular weight excluding hydrogens is 320 g/mol. The zero-order valence-electron chi connectivity index (χ0n) is 12.0. The van der Waals surface area contributed by atoms with Gasteiger partial charge in [-0.3, -0.25) is 0 Å². The SMILES string of the molecule is CC1CCN(CCCNC(C)c2cc(Br)cs2)CC1. The molecule has 1 aliphatic heterocycles. The average molecular weight is 345 g/mol. The quantitative estimate of drug-likeness (QED) is 0.774. The van der Waals surface area contributed by atoms with Crippen molar-refractivity contribution in [1.29, 1.82) is 0 Å². The molecule has 0 radical (unpaired) electrons. The lowest BCUT2D eigenvalue weighted by Gasteiger charge is -2.30. The summed E-state index contributed by atoms with van der Waals surface area (Å²) in [7, 11) is 0. The van der Waals surface area contributed by atoms with Crippen molar-refractivity contribution in [2.45, 2.75) is 39.2 Å². The summed E-state index contributed by atoms with van der Waals surface area (Å²) in [6.07, 6.45) is 4.02. The van der Waals surface area contributed by atoms with Crippen LogP contribution in [0, 0.1) is 5.92 Å². The van der Waals surface area contributed by atoms with E-state index in [4.69, 9.17) is 0 Å². The molecule has 108 valence electrons. The van der Waals surface area contributed by atoms with Crippen LogP contribution in [0.15, 0.2) is 15.9 Å². The monoisotopic (exact) mass is 344 g/mol. The topological polar surface area (TPSA) is 15.3 Å². The molecule has 1 aliphatic rings. The minimum atomic E-state index is 0.470. The van der Waals surface area contributed by atoms with Gasteiger partial charge < -0.3 is 10.2 Å². The molecule has 1 atom stereocenters. The molecule has 1 fully saturated rings. The van der Waals surface area contributed by atoms with Gasteiger partial charge in [0, 0.05) is 20.8 Å². The molecule has 1 unspecified atom stereocenters. The lowest BCUT2D eigenvalue weighted by Crippen LogP contribution is -2.35. The molecule has 2 rings (SSSR count). The van der Waals surface area contributed by atoms with Gasteiger partial charge in [-0.1, -0.05) is 6.92 Å². The van der Waals surface area contributed by atoms with Crippen molar-refractivity contribution in [2.24, 2.45) is 5.92 Å². The highest BCUT2D eigenvalue weighted by Crippen LogP contribution is 2.25. The van der Waals surface area contributed by atoms with Crippen molar-refractivity contribution in [1.82, 2.24) is 10.2 Å². The van der Waals surface area contributed by atoms with Crippen molar-refractivity contribution in [3.05, 3.63) is 20.8 Å². The molecule has 2 heterocycles. The van der Waals surface area contributed by atoms with Crippen LogP contribution in [-0.4, -0.2) is 31.1 Å². The molecule has 0 amide bonds. The summed E-state index contributed by atoms with van der Waals surface area (Å²) in [5.74, 6) is 0.937. The first-order valence-corrected chi connectivity index (χ1v) is 9.02. The summed E-state index contributed by atoms with van der Waals surface area (Å²) in [5, 5.41) is 5.78. The van der Waals surface area contributed by atoms with Crippen LogP contribution in [-0.2, 0) is 0 Å². The number of rotatable bonds is 6. The van der Waals surface area contributed by atoms with Crippen molar-refractivity contribution >= 4 is 27.3 Å². The molecule has 0 bridgehead atoms. The summed E-state index contributed by atoms with van der Waals surface area (Å²) >= 11 is 5.34. The van der Waals surface area contributed by atoms with Crippen LogP contribution in [0.3, 0.4) is 0 Å². The second-order valence-corrected chi connectivity index (χ2v) is 7.58. The Morgan fingerprint density at radius 2 is 2.21 bits per heavy atom. The first-order chi connectivity index (χ1) is 9.15. The van der Waals surface area contributed by atoms with Gasteiger partial charge in [0.15, 0.2) is 0 Å². The predicted octanol–water partition coefficient (Wildman–Crippen LogP) is 4.28. The van der Waals surface area contributed by atoms with Gasteiger partial charge in [-0.25, -0.2) is 0 Å². The normalized spacial score (nSPS) is 19.7. The fourth-order valence-electron chi connectivity index (χ4n) is 2.56. The number of halogens is 1. The Morgan fingerprint density at radius 1 is 1.47 bits per heavy atom. The predicted molar refractivity (Wildman–Crippen MR) is 87.9 cm³/mol. The number of likely N-dealkylation sites (tertiary alicyclic amines) is 1. The van der Waals surface area contributed by atoms with E-state index < -0.39 is 0 Å². The molecular formula is C15H25BrN2S. The maximum absolute atomic E-state index is 3.62. The largest absolute Gasteiger partial charge is 0.309 e. The fourth-order valence-corrected chi connectivity index (χ4v) is 4.04. The van der Waals surface area contributed by atoms with E-state index in [1.54, 1.807) is 0 Å². The molecule has 0 saturated carbocycles. The number of hydrogen-bond acceptors (Lipinski definition) is 3. The number of hydrogen-bond donors (Lipinski definition) is 1. The Morgan fingerprint density at radius 3 is 2.84 bits per heavy atom. The van der Waals surface area contributed by atoms with E-state index >= 15 is 0 Å². The second-order valence-electron chi connectivity index (χ2n) is 5.72. The molecule has 0 spiro atoms. The van der Waals surface area contributed by atoms with Crippen molar-refractivity contribution in [2.75, 3.05) is 26.2 Å². The van der Waals surface area contributed by atoms with Crippen molar-refractivity contribution in [3.8, 4) is 0 Å². The molecule has 0 aromatic carbocycles. The molecule has 1 aromatic heterocycles. The third kappa shape index (κ3) is 5.18. The van der Waals surface area contributed by atoms with Crippen LogP contribution in [0.2, 0.25) is 0 Å². The smallest absolute Gasteiger partial charge is 0.0386 e. The maximum Gasteiger partial charge on any atom is 0.0386 e. The van der Waals surface area contributed by atoms with Gasteiger partial charge in [-0.05, 0) is 80.3 Å². The summed E-state index contributed by atoms with van der Waals surface area (Å²) in [5.41, 5.74) is 0. The third-order valence-corrected chi connectivity index (χ3v) is 5.87. The summed E-state index contributed by atoms with van der Waals surface area (Å²) in [6.45, 7) is 9.59. The van der Waals surface area contributed by atoms with Crippen molar-refractivity contribution < 1.29 is 0 Å². The molecule has 4 heteroatoms. The second kappa shape index (κ2) is 7.77. The van der Waals surface area contributed by atoms with Crippen LogP contribution in [0.1, 0.15) is 44.0 Å². The Labute approximate surface area is 129 Å². The van der Waals surface area contributed by atoms with E-state index in [0.717, 1.165) is 12.5 Å². The van der Waals surface area contributed by atoms with E-state index in [0.29, 0.717) is 6.04 Å². The van der Waals surface area contributed by atoms with Crippen LogP contribution < -0.4 is 5.32 Å². The lowest BCUT2D eigenvalue weighted by molar-refractivity contribution is 0.190. The van der Waals surface area contributed by atoms with Gasteiger partial charge in [-0.15, -0.1) is 11.3 Å². The van der Waals surface area contributed by atoms with Gasteiger partial charge in [0.25, 0.3) is 0 Å². The number of piperidine rings is 1. The highest BCUT2D eigenvalue weighted by atomic mass is 79.9. The van der Waals surface area contributed by atoms with Crippen LogP contribution >= 0.6 is 27.3 Å². The molecule has 1 aromatic rings. The molecule has 0 aliphatic carbocycles. The molecule has 19 heavy (non-hydrogen) atoms. The van der Waals surface area contributed by atoms with Gasteiger partial charge in [0.1, 0.15) is 0 Å². The van der Waals surface area contributed by atoms with E-state index in [9.17, 15) is 0 Å². The number of thiophene rings is 1. The summed E-state index contributed by atoms with van der Waals surface area (Å²) in [6, 6.07) is 2.69. The van der Waals surface area contributed by atoms with E-state index in [-0.39, 0.29) is 0 Å². The van der Waals surface area contributed by atoms with Gasteiger partial charge in [0.05, 0.1) is 0 Å². The Kier molecular flexibility index (Phi) is 6.33. The van der Waals surface area contributed by atoms with E-state index in [2.05, 4.69) is 51.4 Å². The van der Waals surface area contributed by atoms with Crippen molar-refractivity contribution in [3.63, 3.8) is 0 Å². The summed E-state index contributed by atoms with van der Waals surface area (Å²) in [4.78, 5) is 4.03. The Hall–Kier alpha value is 0.1000. The molecule has 1 saturated heterocycles. The Bertz CT molecular complexity index is 372. The lowest BCUT2D eigenvalue weighted by atomic mass is 9.99. The third-order valence-electron chi connectivity index (χ3n) is 3.99.